The summed E-state index contributed by atoms with van der Waals surface area (Å²) >= 11 is 6.31. The van der Waals surface area contributed by atoms with E-state index in [0.29, 0.717) is 70.4 Å². The highest BCUT2D eigenvalue weighted by atomic mass is 35.5. The molecule has 250 valence electrons. The minimum absolute atomic E-state index is 0.0392. The molecule has 1 heterocycles. The first-order valence-corrected chi connectivity index (χ1v) is 16.2. The number of aromatic carboxylic acids is 1. The molecule has 3 aromatic carbocycles. The Morgan fingerprint density at radius 1 is 0.979 bits per heavy atom. The number of halogens is 1. The van der Waals surface area contributed by atoms with Gasteiger partial charge in [0.15, 0.2) is 5.78 Å². The molecular formula is C37H42ClNO8. The second-order valence-corrected chi connectivity index (χ2v) is 11.7. The molecular weight excluding hydrogens is 622 g/mol. The number of phenolic OH excluding ortho intramolecular Hbond substituents is 1. The number of allylic oxidation sites excluding steroid dienone is 1. The average Bonchev–Trinajstić information content (AvgIpc) is 3.04. The van der Waals surface area contributed by atoms with Crippen LogP contribution in [-0.4, -0.2) is 54.9 Å². The molecule has 0 bridgehead atoms. The third kappa shape index (κ3) is 9.76. The van der Waals surface area contributed by atoms with Crippen LogP contribution in [0.15, 0.2) is 48.5 Å². The van der Waals surface area contributed by atoms with Crippen molar-refractivity contribution in [3.8, 4) is 17.2 Å². The Hall–Kier alpha value is -3.99. The number of nitrogens with one attached hydrogen (secondary N) is 1. The van der Waals surface area contributed by atoms with Crippen molar-refractivity contribution in [1.82, 2.24) is 5.48 Å². The lowest BCUT2D eigenvalue weighted by Crippen LogP contribution is -2.23. The van der Waals surface area contributed by atoms with Gasteiger partial charge in [-0.15, -0.1) is 0 Å². The first kappa shape index (κ1) is 35.9. The van der Waals surface area contributed by atoms with Crippen molar-refractivity contribution in [3.05, 3.63) is 91.8 Å². The van der Waals surface area contributed by atoms with Gasteiger partial charge >= 0.3 is 5.97 Å². The Balaban J connectivity index is 1.48. The number of hydrogen-bond donors (Lipinski definition) is 3. The molecule has 0 aliphatic carbocycles. The van der Waals surface area contributed by atoms with Crippen LogP contribution >= 0.6 is 11.6 Å². The van der Waals surface area contributed by atoms with Gasteiger partial charge in [-0.25, -0.2) is 4.79 Å². The quantitative estimate of drug-likeness (QED) is 0.0617. The predicted molar refractivity (Wildman–Crippen MR) is 182 cm³/mol. The fourth-order valence-corrected chi connectivity index (χ4v) is 5.39. The van der Waals surface area contributed by atoms with E-state index >= 15 is 0 Å². The van der Waals surface area contributed by atoms with Crippen molar-refractivity contribution in [2.45, 2.75) is 52.6 Å². The number of fused-ring (bicyclic) bond motifs is 2. The van der Waals surface area contributed by atoms with Crippen molar-refractivity contribution in [2.75, 3.05) is 33.0 Å². The summed E-state index contributed by atoms with van der Waals surface area (Å²) in [5, 5.41) is 21.9. The summed E-state index contributed by atoms with van der Waals surface area (Å²) < 4.78 is 17.4. The molecule has 10 heteroatoms. The van der Waals surface area contributed by atoms with Crippen LogP contribution in [0.4, 0.5) is 0 Å². The zero-order valence-electron chi connectivity index (χ0n) is 26.9. The molecule has 0 aromatic heterocycles. The number of carbonyl (C=O) groups is 2. The van der Waals surface area contributed by atoms with Crippen LogP contribution in [0.2, 0.25) is 5.02 Å². The summed E-state index contributed by atoms with van der Waals surface area (Å²) in [5.74, 6) is -0.827. The molecule has 0 spiro atoms. The summed E-state index contributed by atoms with van der Waals surface area (Å²) in [6.07, 6.45) is 9.05. The number of benzene rings is 3. The highest BCUT2D eigenvalue weighted by molar-refractivity contribution is 6.32. The van der Waals surface area contributed by atoms with Crippen molar-refractivity contribution < 1.29 is 38.9 Å². The van der Waals surface area contributed by atoms with Crippen molar-refractivity contribution in [1.29, 1.82) is 0 Å². The lowest BCUT2D eigenvalue weighted by molar-refractivity contribution is -0.112. The maximum Gasteiger partial charge on any atom is 0.336 e. The molecule has 3 N–H and O–H groups in total. The highest BCUT2D eigenvalue weighted by Gasteiger charge is 2.27. The van der Waals surface area contributed by atoms with Crippen LogP contribution in [0, 0.1) is 0 Å². The molecule has 0 unspecified atom stereocenters. The van der Waals surface area contributed by atoms with Gasteiger partial charge in [-0.1, -0.05) is 69.0 Å². The molecule has 47 heavy (non-hydrogen) atoms. The Morgan fingerprint density at radius 3 is 2.49 bits per heavy atom. The van der Waals surface area contributed by atoms with E-state index in [1.54, 1.807) is 42.5 Å². The van der Waals surface area contributed by atoms with Gasteiger partial charge in [-0.05, 0) is 60.0 Å². The van der Waals surface area contributed by atoms with Gasteiger partial charge in [-0.2, -0.15) is 5.48 Å². The Kier molecular flexibility index (Phi) is 13.6. The Morgan fingerprint density at radius 2 is 1.74 bits per heavy atom. The van der Waals surface area contributed by atoms with E-state index in [0.717, 1.165) is 13.0 Å². The van der Waals surface area contributed by atoms with E-state index < -0.39 is 5.97 Å². The zero-order valence-corrected chi connectivity index (χ0v) is 27.7. The van der Waals surface area contributed by atoms with Crippen molar-refractivity contribution >= 4 is 41.6 Å². The largest absolute Gasteiger partial charge is 0.506 e. The van der Waals surface area contributed by atoms with Gasteiger partial charge in [0.2, 0.25) is 0 Å². The normalized spacial score (nSPS) is 12.2. The topological polar surface area (TPSA) is 124 Å². The molecule has 4 rings (SSSR count). The molecule has 1 aliphatic heterocycles. The molecule has 0 radical (unpaired) electrons. The number of carboxylic acid groups (broad SMARTS) is 1. The second kappa shape index (κ2) is 17.8. The summed E-state index contributed by atoms with van der Waals surface area (Å²) in [6, 6.07) is 11.6. The molecule has 0 amide bonds. The number of hydroxylamine groups is 1. The predicted octanol–water partition coefficient (Wildman–Crippen LogP) is 6.13. The van der Waals surface area contributed by atoms with E-state index in [2.05, 4.69) is 19.0 Å². The minimum Gasteiger partial charge on any atom is -0.506 e. The van der Waals surface area contributed by atoms with Crippen LogP contribution in [0.1, 0.15) is 78.6 Å². The fourth-order valence-electron chi connectivity index (χ4n) is 5.22. The lowest BCUT2D eigenvalue weighted by atomic mass is 9.88. The van der Waals surface area contributed by atoms with Crippen molar-refractivity contribution in [2.24, 2.45) is 0 Å². The number of ether oxygens (including phenoxy) is 3. The van der Waals surface area contributed by atoms with Gasteiger partial charge in [0.1, 0.15) is 17.2 Å². The Bertz CT molecular complexity index is 1720. The van der Waals surface area contributed by atoms with E-state index in [-0.39, 0.29) is 34.5 Å². The molecule has 0 fully saturated rings. The summed E-state index contributed by atoms with van der Waals surface area (Å²) in [4.78, 5) is 29.9. The Labute approximate surface area is 280 Å². The summed E-state index contributed by atoms with van der Waals surface area (Å²) in [7, 11) is 0. The standard InChI is InChI=1S/C37H42ClNO8/c1-4-5-6-7-8-16-44-18-19-45-17-15-39-46-23-26-11-14-28(30(20-26)37(42)43)35-29-12-9-24(2)27(13-10-25(3)40)36(29)47-34-22-33(41)32(38)21-31(34)35/h9-14,20-22,39,41H,2,4-8,15-19,23H2,1,3H3,(H,42,43)/b13-10-. The first-order valence-electron chi connectivity index (χ1n) is 15.8. The number of ketones is 1. The lowest BCUT2D eigenvalue weighted by Gasteiger charge is -2.24. The molecule has 0 saturated carbocycles. The average molecular weight is 664 g/mol. The van der Waals surface area contributed by atoms with Gasteiger partial charge < -0.3 is 24.4 Å². The van der Waals surface area contributed by atoms with E-state index in [4.69, 9.17) is 30.6 Å². The number of phenols is 1. The second-order valence-electron chi connectivity index (χ2n) is 11.2. The van der Waals surface area contributed by atoms with Gasteiger partial charge in [-0.3, -0.25) is 9.63 Å². The van der Waals surface area contributed by atoms with Crippen LogP contribution in [0.25, 0.3) is 18.2 Å². The van der Waals surface area contributed by atoms with Gasteiger partial charge in [0.25, 0.3) is 0 Å². The number of carbonyl (C=O) groups excluding carboxylic acids is 1. The maximum atomic E-state index is 12.6. The van der Waals surface area contributed by atoms with Gasteiger partial charge in [0.05, 0.1) is 37.0 Å². The SMILES string of the molecule is C=c1ccc2c(c1/C=C\C(C)=O)Oc1cc(O)c(Cl)cc1C=2c1ccc(CONCCOCCOCCCCCCC)cc1C(=O)O. The molecule has 9 nitrogen and oxygen atoms in total. The van der Waals surface area contributed by atoms with E-state index in [1.807, 2.05) is 0 Å². The van der Waals surface area contributed by atoms with Gasteiger partial charge in [0, 0.05) is 41.1 Å². The monoisotopic (exact) mass is 663 g/mol. The minimum atomic E-state index is -1.14. The van der Waals surface area contributed by atoms with E-state index in [1.165, 1.54) is 44.7 Å². The first-order chi connectivity index (χ1) is 22.7. The third-order valence-electron chi connectivity index (χ3n) is 7.61. The third-order valence-corrected chi connectivity index (χ3v) is 7.91. The maximum absolute atomic E-state index is 12.6. The molecule has 0 atom stereocenters. The fraction of sp³-hybridized carbons (Fsp3) is 0.351. The number of aromatic hydroxyl groups is 1. The van der Waals surface area contributed by atoms with Crippen LogP contribution in [0.3, 0.4) is 0 Å². The van der Waals surface area contributed by atoms with E-state index in [9.17, 15) is 19.8 Å². The number of unbranched alkanes of at least 4 members (excludes halogenated alkanes) is 4. The zero-order chi connectivity index (χ0) is 33.8. The highest BCUT2D eigenvalue weighted by Crippen LogP contribution is 2.42. The molecule has 1 aliphatic rings. The number of hydrogen-bond acceptors (Lipinski definition) is 8. The molecule has 0 saturated heterocycles. The van der Waals surface area contributed by atoms with Crippen LogP contribution in [-0.2, 0) is 25.7 Å². The summed E-state index contributed by atoms with van der Waals surface area (Å²) in [5.41, 5.74) is 5.54. The number of carboxylic acids is 1. The van der Waals surface area contributed by atoms with Crippen LogP contribution in [0.5, 0.6) is 17.2 Å². The van der Waals surface area contributed by atoms with Crippen LogP contribution < -0.4 is 20.7 Å². The number of rotatable bonds is 19. The molecule has 3 aromatic rings. The summed E-state index contributed by atoms with van der Waals surface area (Å²) in [6.45, 7) is 10.5. The smallest absolute Gasteiger partial charge is 0.336 e. The van der Waals surface area contributed by atoms with Crippen molar-refractivity contribution in [3.63, 3.8) is 0 Å².